The smallest absolute Gasteiger partial charge is 0.110 e. The quantitative estimate of drug-likeness (QED) is 0.383. The second-order valence-electron chi connectivity index (χ2n) is 8.65. The van der Waals surface area contributed by atoms with Gasteiger partial charge < -0.3 is 3.07 Å². The van der Waals surface area contributed by atoms with E-state index in [4.69, 9.17) is 3.07 Å². The molecule has 0 spiro atoms. The molecule has 21 heavy (non-hydrogen) atoms. The SMILES string of the molecule is CC12CCCC=C1CCC1C2CCC2(C)C(OI)CCC12. The number of hydrogen-bond acceptors (Lipinski definition) is 1. The molecule has 0 N–H and O–H groups in total. The van der Waals surface area contributed by atoms with E-state index in [0.29, 0.717) is 16.9 Å². The summed E-state index contributed by atoms with van der Waals surface area (Å²) in [4.78, 5) is 0. The fourth-order valence-electron chi connectivity index (χ4n) is 6.85. The van der Waals surface area contributed by atoms with Crippen molar-refractivity contribution < 1.29 is 3.07 Å². The van der Waals surface area contributed by atoms with Crippen LogP contribution in [0.15, 0.2) is 11.6 Å². The number of rotatable bonds is 1. The molecule has 0 aromatic heterocycles. The van der Waals surface area contributed by atoms with Gasteiger partial charge in [-0.15, -0.1) is 0 Å². The van der Waals surface area contributed by atoms with Crippen LogP contribution in [0.3, 0.4) is 0 Å². The van der Waals surface area contributed by atoms with E-state index in [1.807, 2.05) is 5.57 Å². The average molecular weight is 400 g/mol. The summed E-state index contributed by atoms with van der Waals surface area (Å²) in [6.07, 6.45) is 15.7. The summed E-state index contributed by atoms with van der Waals surface area (Å²) in [6, 6.07) is 0. The fraction of sp³-hybridized carbons (Fsp3) is 0.895. The van der Waals surface area contributed by atoms with Gasteiger partial charge in [-0.1, -0.05) is 25.5 Å². The Bertz CT molecular complexity index is 458. The molecule has 0 radical (unpaired) electrons. The van der Waals surface area contributed by atoms with Crippen LogP contribution < -0.4 is 0 Å². The minimum Gasteiger partial charge on any atom is -0.312 e. The van der Waals surface area contributed by atoms with Crippen molar-refractivity contribution in [3.63, 3.8) is 0 Å². The number of fused-ring (bicyclic) bond motifs is 5. The third-order valence-electron chi connectivity index (χ3n) is 8.05. The maximum atomic E-state index is 5.85. The summed E-state index contributed by atoms with van der Waals surface area (Å²) in [6.45, 7) is 5.15. The van der Waals surface area contributed by atoms with Crippen molar-refractivity contribution >= 4 is 23.0 Å². The Hall–Kier alpha value is 0.430. The summed E-state index contributed by atoms with van der Waals surface area (Å²) < 4.78 is 5.85. The van der Waals surface area contributed by atoms with Crippen molar-refractivity contribution in [1.29, 1.82) is 0 Å². The Kier molecular flexibility index (Phi) is 3.73. The lowest BCUT2D eigenvalue weighted by Crippen LogP contribution is -2.50. The van der Waals surface area contributed by atoms with E-state index >= 15 is 0 Å². The van der Waals surface area contributed by atoms with Gasteiger partial charge >= 0.3 is 0 Å². The van der Waals surface area contributed by atoms with Crippen molar-refractivity contribution in [3.05, 3.63) is 11.6 Å². The summed E-state index contributed by atoms with van der Waals surface area (Å²) in [5.74, 6) is 2.86. The predicted octanol–water partition coefficient (Wildman–Crippen LogP) is 6.07. The molecule has 4 aliphatic carbocycles. The lowest BCUT2D eigenvalue weighted by Gasteiger charge is -2.58. The lowest BCUT2D eigenvalue weighted by molar-refractivity contribution is -0.0602. The minimum absolute atomic E-state index is 0.467. The lowest BCUT2D eigenvalue weighted by atomic mass is 9.47. The molecular weight excluding hydrogens is 371 g/mol. The van der Waals surface area contributed by atoms with Gasteiger partial charge in [-0.3, -0.25) is 0 Å². The molecule has 0 aliphatic heterocycles. The summed E-state index contributed by atoms with van der Waals surface area (Å²) in [5, 5.41) is 0. The van der Waals surface area contributed by atoms with E-state index in [2.05, 4.69) is 42.9 Å². The zero-order chi connectivity index (χ0) is 14.7. The number of halogens is 1. The van der Waals surface area contributed by atoms with Crippen LogP contribution in [-0.4, -0.2) is 6.10 Å². The van der Waals surface area contributed by atoms with Gasteiger partial charge in [0.15, 0.2) is 0 Å². The second kappa shape index (κ2) is 5.22. The number of allylic oxidation sites excluding steroid dienone is 2. The Morgan fingerprint density at radius 2 is 1.95 bits per heavy atom. The van der Waals surface area contributed by atoms with Crippen LogP contribution in [0.4, 0.5) is 0 Å². The van der Waals surface area contributed by atoms with Gasteiger partial charge in [0, 0.05) is 0 Å². The third kappa shape index (κ3) is 2.03. The molecular formula is C19H29IO. The van der Waals surface area contributed by atoms with E-state index < -0.39 is 0 Å². The molecule has 4 aliphatic rings. The van der Waals surface area contributed by atoms with Crippen molar-refractivity contribution in [1.82, 2.24) is 0 Å². The summed E-state index contributed by atoms with van der Waals surface area (Å²) in [7, 11) is 0. The molecule has 2 heteroatoms. The van der Waals surface area contributed by atoms with Crippen LogP contribution in [0, 0.1) is 28.6 Å². The summed E-state index contributed by atoms with van der Waals surface area (Å²) in [5.41, 5.74) is 2.85. The van der Waals surface area contributed by atoms with Gasteiger partial charge in [0.25, 0.3) is 0 Å². The zero-order valence-corrected chi connectivity index (χ0v) is 15.7. The Balaban J connectivity index is 1.66. The van der Waals surface area contributed by atoms with Crippen LogP contribution in [0.25, 0.3) is 0 Å². The fourth-order valence-corrected chi connectivity index (χ4v) is 7.69. The molecule has 3 fully saturated rings. The molecule has 0 amide bonds. The first-order chi connectivity index (χ1) is 10.1. The molecule has 6 unspecified atom stereocenters. The zero-order valence-electron chi connectivity index (χ0n) is 13.5. The highest BCUT2D eigenvalue weighted by Crippen LogP contribution is 2.65. The predicted molar refractivity (Wildman–Crippen MR) is 95.2 cm³/mol. The first-order valence-corrected chi connectivity index (χ1v) is 9.94. The highest BCUT2D eigenvalue weighted by Gasteiger charge is 2.58. The third-order valence-corrected chi connectivity index (χ3v) is 8.66. The van der Waals surface area contributed by atoms with Gasteiger partial charge in [0.05, 0.1) is 6.10 Å². The Labute approximate surface area is 144 Å². The van der Waals surface area contributed by atoms with Crippen LogP contribution in [0.2, 0.25) is 0 Å². The van der Waals surface area contributed by atoms with E-state index in [9.17, 15) is 0 Å². The van der Waals surface area contributed by atoms with Crippen LogP contribution in [0.5, 0.6) is 0 Å². The van der Waals surface area contributed by atoms with E-state index in [-0.39, 0.29) is 0 Å². The normalized spacial score (nSPS) is 52.6. The standard InChI is InChI=1S/C19H29IO/c1-18-11-4-3-5-13(18)6-7-14-15-8-9-17(21-20)19(15,2)12-10-16(14)18/h5,14-17H,3-4,6-12H2,1-2H3. The molecule has 4 rings (SSSR count). The maximum absolute atomic E-state index is 5.85. The van der Waals surface area contributed by atoms with Crippen molar-refractivity contribution in [2.24, 2.45) is 28.6 Å². The molecule has 0 aromatic rings. The highest BCUT2D eigenvalue weighted by atomic mass is 127. The van der Waals surface area contributed by atoms with Gasteiger partial charge in [-0.2, -0.15) is 0 Å². The highest BCUT2D eigenvalue weighted by molar-refractivity contribution is 14.1. The van der Waals surface area contributed by atoms with Crippen molar-refractivity contribution in [3.8, 4) is 0 Å². The average Bonchev–Trinajstić information content (AvgIpc) is 2.83. The molecule has 0 saturated heterocycles. The number of hydrogen-bond donors (Lipinski definition) is 0. The largest absolute Gasteiger partial charge is 0.312 e. The van der Waals surface area contributed by atoms with Gasteiger partial charge in [0.1, 0.15) is 23.0 Å². The van der Waals surface area contributed by atoms with Gasteiger partial charge in [0.2, 0.25) is 0 Å². The molecule has 6 atom stereocenters. The molecule has 118 valence electrons. The molecule has 1 nitrogen and oxygen atoms in total. The van der Waals surface area contributed by atoms with Crippen molar-refractivity contribution in [2.45, 2.75) is 77.7 Å². The molecule has 0 aromatic carbocycles. The Morgan fingerprint density at radius 1 is 1.10 bits per heavy atom. The van der Waals surface area contributed by atoms with Crippen molar-refractivity contribution in [2.75, 3.05) is 0 Å². The molecule has 3 saturated carbocycles. The second-order valence-corrected chi connectivity index (χ2v) is 9.16. The van der Waals surface area contributed by atoms with E-state index in [1.54, 1.807) is 0 Å². The van der Waals surface area contributed by atoms with Gasteiger partial charge in [-0.25, -0.2) is 0 Å². The Morgan fingerprint density at radius 3 is 2.76 bits per heavy atom. The minimum atomic E-state index is 0.467. The maximum Gasteiger partial charge on any atom is 0.110 e. The monoisotopic (exact) mass is 400 g/mol. The first-order valence-electron chi connectivity index (χ1n) is 9.06. The first kappa shape index (κ1) is 15.0. The topological polar surface area (TPSA) is 9.23 Å². The van der Waals surface area contributed by atoms with Crippen LogP contribution in [0.1, 0.15) is 71.6 Å². The van der Waals surface area contributed by atoms with Crippen LogP contribution >= 0.6 is 23.0 Å². The van der Waals surface area contributed by atoms with Crippen LogP contribution in [-0.2, 0) is 3.07 Å². The molecule has 0 bridgehead atoms. The van der Waals surface area contributed by atoms with E-state index in [0.717, 1.165) is 17.8 Å². The molecule has 0 heterocycles. The summed E-state index contributed by atoms with van der Waals surface area (Å²) >= 11 is 2.16. The van der Waals surface area contributed by atoms with E-state index in [1.165, 1.54) is 57.8 Å². The van der Waals surface area contributed by atoms with Gasteiger partial charge in [-0.05, 0) is 86.4 Å².